The van der Waals surface area contributed by atoms with Gasteiger partial charge in [-0.3, -0.25) is 4.79 Å². The van der Waals surface area contributed by atoms with Crippen molar-refractivity contribution in [1.82, 2.24) is 0 Å². The Kier molecular flexibility index (Phi) is 3.29. The SMILES string of the molecule is O=C(O)CC1(COC2CCCCC2)CC1. The van der Waals surface area contributed by atoms with Crippen molar-refractivity contribution in [3.8, 4) is 0 Å². The van der Waals surface area contributed by atoms with Gasteiger partial charge in [0.25, 0.3) is 0 Å². The van der Waals surface area contributed by atoms with Crippen LogP contribution < -0.4 is 0 Å². The maximum Gasteiger partial charge on any atom is 0.303 e. The first-order valence-corrected chi connectivity index (χ1v) is 6.04. The van der Waals surface area contributed by atoms with Crippen molar-refractivity contribution >= 4 is 5.97 Å². The van der Waals surface area contributed by atoms with Gasteiger partial charge in [0.1, 0.15) is 0 Å². The summed E-state index contributed by atoms with van der Waals surface area (Å²) in [5, 5.41) is 8.77. The summed E-state index contributed by atoms with van der Waals surface area (Å²) in [6, 6.07) is 0. The van der Waals surface area contributed by atoms with Gasteiger partial charge < -0.3 is 9.84 Å². The van der Waals surface area contributed by atoms with E-state index in [1.807, 2.05) is 0 Å². The second-order valence-electron chi connectivity index (χ2n) is 5.14. The van der Waals surface area contributed by atoms with Crippen LogP contribution in [0, 0.1) is 5.41 Å². The first kappa shape index (κ1) is 10.9. The molecule has 2 aliphatic rings. The zero-order chi connectivity index (χ0) is 10.7. The number of rotatable bonds is 5. The van der Waals surface area contributed by atoms with Crippen LogP contribution in [0.4, 0.5) is 0 Å². The van der Waals surface area contributed by atoms with Gasteiger partial charge in [-0.25, -0.2) is 0 Å². The average molecular weight is 212 g/mol. The largest absolute Gasteiger partial charge is 0.481 e. The fraction of sp³-hybridized carbons (Fsp3) is 0.917. The molecule has 0 bridgehead atoms. The van der Waals surface area contributed by atoms with E-state index in [2.05, 4.69) is 0 Å². The molecule has 0 heterocycles. The summed E-state index contributed by atoms with van der Waals surface area (Å²) in [7, 11) is 0. The Morgan fingerprint density at radius 1 is 1.27 bits per heavy atom. The second-order valence-corrected chi connectivity index (χ2v) is 5.14. The Morgan fingerprint density at radius 3 is 2.47 bits per heavy atom. The zero-order valence-corrected chi connectivity index (χ0v) is 9.21. The van der Waals surface area contributed by atoms with Crippen molar-refractivity contribution in [2.45, 2.75) is 57.5 Å². The van der Waals surface area contributed by atoms with Crippen molar-refractivity contribution in [1.29, 1.82) is 0 Å². The smallest absolute Gasteiger partial charge is 0.303 e. The molecule has 0 saturated heterocycles. The molecule has 0 aromatic rings. The van der Waals surface area contributed by atoms with Gasteiger partial charge >= 0.3 is 5.97 Å². The van der Waals surface area contributed by atoms with Crippen LogP contribution in [0.1, 0.15) is 51.4 Å². The molecule has 2 saturated carbocycles. The van der Waals surface area contributed by atoms with Crippen LogP contribution >= 0.6 is 0 Å². The molecule has 0 radical (unpaired) electrons. The molecule has 15 heavy (non-hydrogen) atoms. The van der Waals surface area contributed by atoms with Crippen LogP contribution in [-0.4, -0.2) is 23.8 Å². The van der Waals surface area contributed by atoms with Gasteiger partial charge in [0.2, 0.25) is 0 Å². The molecule has 2 fully saturated rings. The molecule has 1 N–H and O–H groups in total. The summed E-state index contributed by atoms with van der Waals surface area (Å²) in [6.45, 7) is 0.671. The van der Waals surface area contributed by atoms with Gasteiger partial charge in [0.15, 0.2) is 0 Å². The minimum atomic E-state index is -0.681. The molecule has 0 aromatic carbocycles. The molecule has 2 aliphatic carbocycles. The minimum Gasteiger partial charge on any atom is -0.481 e. The van der Waals surface area contributed by atoms with E-state index in [9.17, 15) is 4.79 Å². The highest BCUT2D eigenvalue weighted by atomic mass is 16.5. The van der Waals surface area contributed by atoms with Gasteiger partial charge in [-0.15, -0.1) is 0 Å². The van der Waals surface area contributed by atoms with Gasteiger partial charge in [-0.2, -0.15) is 0 Å². The monoisotopic (exact) mass is 212 g/mol. The lowest BCUT2D eigenvalue weighted by atomic mass is 9.97. The topological polar surface area (TPSA) is 46.5 Å². The lowest BCUT2D eigenvalue weighted by molar-refractivity contribution is -0.139. The van der Waals surface area contributed by atoms with Crippen molar-refractivity contribution in [3.63, 3.8) is 0 Å². The van der Waals surface area contributed by atoms with Crippen LogP contribution in [0.5, 0.6) is 0 Å². The van der Waals surface area contributed by atoms with E-state index in [1.54, 1.807) is 0 Å². The van der Waals surface area contributed by atoms with E-state index >= 15 is 0 Å². The highest BCUT2D eigenvalue weighted by Crippen LogP contribution is 2.49. The Balaban J connectivity index is 1.70. The van der Waals surface area contributed by atoms with E-state index in [0.29, 0.717) is 19.1 Å². The van der Waals surface area contributed by atoms with Gasteiger partial charge in [-0.1, -0.05) is 19.3 Å². The molecule has 86 valence electrons. The quantitative estimate of drug-likeness (QED) is 0.762. The third-order valence-electron chi connectivity index (χ3n) is 3.66. The molecular formula is C12H20O3. The maximum atomic E-state index is 10.7. The van der Waals surface area contributed by atoms with Crippen LogP contribution in [0.25, 0.3) is 0 Å². The van der Waals surface area contributed by atoms with Crippen molar-refractivity contribution in [2.24, 2.45) is 5.41 Å². The van der Waals surface area contributed by atoms with E-state index in [-0.39, 0.29) is 5.41 Å². The van der Waals surface area contributed by atoms with Crippen molar-refractivity contribution in [3.05, 3.63) is 0 Å². The highest BCUT2D eigenvalue weighted by molar-refractivity contribution is 5.68. The Bertz CT molecular complexity index is 227. The van der Waals surface area contributed by atoms with Crippen molar-refractivity contribution < 1.29 is 14.6 Å². The summed E-state index contributed by atoms with van der Waals surface area (Å²) < 4.78 is 5.85. The standard InChI is InChI=1S/C12H20O3/c13-11(14)8-12(6-7-12)9-15-10-4-2-1-3-5-10/h10H,1-9H2,(H,13,14). The molecule has 0 spiro atoms. The van der Waals surface area contributed by atoms with E-state index in [0.717, 1.165) is 12.8 Å². The van der Waals surface area contributed by atoms with Crippen LogP contribution in [0.3, 0.4) is 0 Å². The molecule has 2 rings (SSSR count). The fourth-order valence-corrected chi connectivity index (χ4v) is 2.40. The number of aliphatic carboxylic acids is 1. The maximum absolute atomic E-state index is 10.7. The number of carbonyl (C=O) groups is 1. The Morgan fingerprint density at radius 2 is 1.93 bits per heavy atom. The van der Waals surface area contributed by atoms with Crippen LogP contribution in [0.2, 0.25) is 0 Å². The summed E-state index contributed by atoms with van der Waals surface area (Å²) in [6.07, 6.45) is 8.99. The third-order valence-corrected chi connectivity index (χ3v) is 3.66. The van der Waals surface area contributed by atoms with Gasteiger partial charge in [-0.05, 0) is 25.7 Å². The van der Waals surface area contributed by atoms with Crippen molar-refractivity contribution in [2.75, 3.05) is 6.61 Å². The summed E-state index contributed by atoms with van der Waals surface area (Å²) in [4.78, 5) is 10.7. The number of ether oxygens (including phenoxy) is 1. The summed E-state index contributed by atoms with van der Waals surface area (Å²) in [5.74, 6) is -0.681. The molecule has 0 aliphatic heterocycles. The molecule has 0 unspecified atom stereocenters. The Hall–Kier alpha value is -0.570. The van der Waals surface area contributed by atoms with E-state index in [1.165, 1.54) is 32.1 Å². The van der Waals surface area contributed by atoms with Gasteiger partial charge in [0.05, 0.1) is 19.1 Å². The minimum absolute atomic E-state index is 0.00325. The normalized spacial score (nSPS) is 25.1. The predicted molar refractivity (Wildman–Crippen MR) is 56.7 cm³/mol. The second kappa shape index (κ2) is 4.52. The molecule has 3 heteroatoms. The molecule has 0 amide bonds. The predicted octanol–water partition coefficient (Wildman–Crippen LogP) is 2.59. The van der Waals surface area contributed by atoms with E-state index in [4.69, 9.17) is 9.84 Å². The third kappa shape index (κ3) is 3.20. The number of hydrogen-bond acceptors (Lipinski definition) is 2. The lowest BCUT2D eigenvalue weighted by Gasteiger charge is -2.24. The lowest BCUT2D eigenvalue weighted by Crippen LogP contribution is -2.23. The first-order chi connectivity index (χ1) is 7.20. The molecule has 0 atom stereocenters. The molecule has 3 nitrogen and oxygen atoms in total. The fourth-order valence-electron chi connectivity index (χ4n) is 2.40. The van der Waals surface area contributed by atoms with Crippen LogP contribution in [-0.2, 0) is 9.53 Å². The number of carboxylic acids is 1. The number of hydrogen-bond donors (Lipinski definition) is 1. The zero-order valence-electron chi connectivity index (χ0n) is 9.21. The average Bonchev–Trinajstić information content (AvgIpc) is 2.96. The van der Waals surface area contributed by atoms with Gasteiger partial charge in [0, 0.05) is 5.41 Å². The highest BCUT2D eigenvalue weighted by Gasteiger charge is 2.45. The molecule has 0 aromatic heterocycles. The summed E-state index contributed by atoms with van der Waals surface area (Å²) in [5.41, 5.74) is 0.00325. The summed E-state index contributed by atoms with van der Waals surface area (Å²) >= 11 is 0. The molecular weight excluding hydrogens is 192 g/mol. The number of carboxylic acid groups (broad SMARTS) is 1. The van der Waals surface area contributed by atoms with Crippen LogP contribution in [0.15, 0.2) is 0 Å². The van der Waals surface area contributed by atoms with E-state index < -0.39 is 5.97 Å². The first-order valence-electron chi connectivity index (χ1n) is 6.04. The Labute approximate surface area is 90.8 Å².